The predicted molar refractivity (Wildman–Crippen MR) is 45.7 cm³/mol. The minimum Gasteiger partial charge on any atom is -0.508 e. The van der Waals surface area contributed by atoms with Gasteiger partial charge in [-0.3, -0.25) is 0 Å². The van der Waals surface area contributed by atoms with Crippen molar-refractivity contribution in [3.8, 4) is 17.2 Å². The Labute approximate surface area is 71.5 Å². The summed E-state index contributed by atoms with van der Waals surface area (Å²) in [6.45, 7) is 3.74. The fraction of sp³-hybridized carbons (Fsp3) is 0.222. The van der Waals surface area contributed by atoms with E-state index in [-0.39, 0.29) is 5.75 Å². The monoisotopic (exact) mass is 167 g/mol. The third kappa shape index (κ3) is 1.44. The second-order valence-electron chi connectivity index (χ2n) is 2.33. The molecule has 1 rings (SSSR count). The van der Waals surface area contributed by atoms with Crippen molar-refractivity contribution in [2.45, 2.75) is 0 Å². The van der Waals surface area contributed by atoms with E-state index in [1.54, 1.807) is 0 Å². The van der Waals surface area contributed by atoms with Crippen LogP contribution in [0.3, 0.4) is 0 Å². The Morgan fingerprint density at radius 2 is 1.58 bits per heavy atom. The zero-order valence-corrected chi connectivity index (χ0v) is 7.13. The van der Waals surface area contributed by atoms with Gasteiger partial charge in [-0.15, -0.1) is 0 Å². The van der Waals surface area contributed by atoms with Crippen LogP contribution >= 0.6 is 0 Å². The van der Waals surface area contributed by atoms with E-state index in [9.17, 15) is 5.11 Å². The Balaban J connectivity index is 3.22. The third-order valence-electron chi connectivity index (χ3n) is 1.59. The first-order chi connectivity index (χ1) is 5.69. The molecule has 0 unspecified atom stereocenters. The number of ether oxygens (including phenoxy) is 2. The van der Waals surface area contributed by atoms with Crippen LogP contribution in [-0.2, 0) is 0 Å². The molecule has 1 radical (unpaired) electrons. The number of phenols is 1. The van der Waals surface area contributed by atoms with E-state index in [2.05, 4.69) is 6.92 Å². The van der Waals surface area contributed by atoms with Crippen molar-refractivity contribution in [2.75, 3.05) is 14.2 Å². The number of aromatic hydroxyl groups is 1. The van der Waals surface area contributed by atoms with Crippen LogP contribution in [0, 0.1) is 6.92 Å². The van der Waals surface area contributed by atoms with Gasteiger partial charge in [0.15, 0.2) is 0 Å². The summed E-state index contributed by atoms with van der Waals surface area (Å²) < 4.78 is 9.93. The molecule has 3 nitrogen and oxygen atoms in total. The Bertz CT molecular complexity index is 256. The average molecular weight is 167 g/mol. The lowest BCUT2D eigenvalue weighted by molar-refractivity contribution is 0.382. The van der Waals surface area contributed by atoms with Crippen molar-refractivity contribution in [3.05, 3.63) is 24.6 Å². The van der Waals surface area contributed by atoms with Crippen LogP contribution in [-0.4, -0.2) is 19.3 Å². The van der Waals surface area contributed by atoms with Gasteiger partial charge in [-0.05, 0) is 6.92 Å². The van der Waals surface area contributed by atoms with E-state index >= 15 is 0 Å². The van der Waals surface area contributed by atoms with Crippen molar-refractivity contribution < 1.29 is 14.6 Å². The molecule has 1 aromatic carbocycles. The lowest BCUT2D eigenvalue weighted by Gasteiger charge is -2.09. The van der Waals surface area contributed by atoms with Gasteiger partial charge in [0.1, 0.15) is 17.2 Å². The molecule has 0 saturated heterocycles. The van der Waals surface area contributed by atoms with Crippen LogP contribution in [0.2, 0.25) is 0 Å². The molecule has 0 amide bonds. The van der Waals surface area contributed by atoms with Crippen LogP contribution in [0.4, 0.5) is 0 Å². The van der Waals surface area contributed by atoms with Crippen molar-refractivity contribution in [3.63, 3.8) is 0 Å². The molecule has 0 bridgehead atoms. The number of hydrogen-bond acceptors (Lipinski definition) is 3. The molecule has 0 spiro atoms. The topological polar surface area (TPSA) is 38.7 Å². The minimum absolute atomic E-state index is 0.108. The Morgan fingerprint density at radius 1 is 1.17 bits per heavy atom. The number of phenolic OH excluding ortho intramolecular Hbond substituents is 1. The molecule has 65 valence electrons. The lowest BCUT2D eigenvalue weighted by Crippen LogP contribution is -1.91. The molecule has 0 aliphatic heterocycles. The maximum absolute atomic E-state index is 9.19. The highest BCUT2D eigenvalue weighted by atomic mass is 16.5. The quantitative estimate of drug-likeness (QED) is 0.727. The van der Waals surface area contributed by atoms with E-state index in [4.69, 9.17) is 9.47 Å². The van der Waals surface area contributed by atoms with Crippen molar-refractivity contribution in [1.29, 1.82) is 0 Å². The number of rotatable bonds is 2. The standard InChI is InChI=1S/C9H11O3/c1-6-8(11-2)4-7(10)5-9(6)12-3/h4-5,10H,1H2,2-3H3. The van der Waals surface area contributed by atoms with Gasteiger partial charge in [0.05, 0.1) is 14.2 Å². The van der Waals surface area contributed by atoms with E-state index in [1.165, 1.54) is 26.4 Å². The van der Waals surface area contributed by atoms with E-state index in [0.29, 0.717) is 17.1 Å². The van der Waals surface area contributed by atoms with Gasteiger partial charge < -0.3 is 14.6 Å². The molecule has 0 atom stereocenters. The molecular weight excluding hydrogens is 156 g/mol. The molecule has 0 aromatic heterocycles. The van der Waals surface area contributed by atoms with Gasteiger partial charge in [-0.1, -0.05) is 0 Å². The second-order valence-corrected chi connectivity index (χ2v) is 2.33. The maximum atomic E-state index is 9.19. The molecule has 0 aliphatic carbocycles. The summed E-state index contributed by atoms with van der Waals surface area (Å²) in [5, 5.41) is 9.19. The lowest BCUT2D eigenvalue weighted by atomic mass is 10.2. The SMILES string of the molecule is [CH2]c1c(OC)cc(O)cc1OC. The number of benzene rings is 1. The minimum atomic E-state index is 0.108. The Kier molecular flexibility index (Phi) is 2.43. The summed E-state index contributed by atoms with van der Waals surface area (Å²) >= 11 is 0. The van der Waals surface area contributed by atoms with Gasteiger partial charge in [0, 0.05) is 17.7 Å². The first-order valence-corrected chi connectivity index (χ1v) is 3.46. The molecule has 0 saturated carbocycles. The molecule has 3 heteroatoms. The Hall–Kier alpha value is -1.38. The molecule has 0 heterocycles. The summed E-state index contributed by atoms with van der Waals surface area (Å²) in [5.41, 5.74) is 0.637. The van der Waals surface area contributed by atoms with Gasteiger partial charge in [0.25, 0.3) is 0 Å². The Morgan fingerprint density at radius 3 is 1.92 bits per heavy atom. The first-order valence-electron chi connectivity index (χ1n) is 3.46. The normalized spacial score (nSPS) is 9.58. The fourth-order valence-corrected chi connectivity index (χ4v) is 0.970. The van der Waals surface area contributed by atoms with Crippen molar-refractivity contribution in [2.24, 2.45) is 0 Å². The molecular formula is C9H11O3. The molecule has 1 N–H and O–H groups in total. The van der Waals surface area contributed by atoms with Crippen LogP contribution < -0.4 is 9.47 Å². The number of hydrogen-bond donors (Lipinski definition) is 1. The summed E-state index contributed by atoms with van der Waals surface area (Å²) in [6, 6.07) is 2.98. The van der Waals surface area contributed by atoms with Gasteiger partial charge >= 0.3 is 0 Å². The van der Waals surface area contributed by atoms with Crippen molar-refractivity contribution >= 4 is 0 Å². The molecule has 1 aromatic rings. The number of methoxy groups -OCH3 is 2. The van der Waals surface area contributed by atoms with Crippen molar-refractivity contribution in [1.82, 2.24) is 0 Å². The van der Waals surface area contributed by atoms with Crippen LogP contribution in [0.1, 0.15) is 5.56 Å². The van der Waals surface area contributed by atoms with Gasteiger partial charge in [-0.2, -0.15) is 0 Å². The van der Waals surface area contributed by atoms with Crippen LogP contribution in [0.25, 0.3) is 0 Å². The average Bonchev–Trinajstić information content (AvgIpc) is 2.08. The van der Waals surface area contributed by atoms with Gasteiger partial charge in [0.2, 0.25) is 0 Å². The predicted octanol–water partition coefficient (Wildman–Crippen LogP) is 1.59. The summed E-state index contributed by atoms with van der Waals surface area (Å²) in [5.74, 6) is 1.15. The third-order valence-corrected chi connectivity index (χ3v) is 1.59. The fourth-order valence-electron chi connectivity index (χ4n) is 0.970. The van der Waals surface area contributed by atoms with Gasteiger partial charge in [-0.25, -0.2) is 0 Å². The highest BCUT2D eigenvalue weighted by Gasteiger charge is 2.06. The summed E-state index contributed by atoms with van der Waals surface area (Å²) in [4.78, 5) is 0. The van der Waals surface area contributed by atoms with Crippen LogP contribution in [0.5, 0.6) is 17.2 Å². The van der Waals surface area contributed by atoms with Crippen LogP contribution in [0.15, 0.2) is 12.1 Å². The second kappa shape index (κ2) is 3.34. The highest BCUT2D eigenvalue weighted by Crippen LogP contribution is 2.32. The first kappa shape index (κ1) is 8.71. The zero-order chi connectivity index (χ0) is 9.14. The molecule has 0 fully saturated rings. The van der Waals surface area contributed by atoms with E-state index in [0.717, 1.165) is 0 Å². The van der Waals surface area contributed by atoms with E-state index < -0.39 is 0 Å². The molecule has 12 heavy (non-hydrogen) atoms. The molecule has 0 aliphatic rings. The summed E-state index contributed by atoms with van der Waals surface area (Å²) in [6.07, 6.45) is 0. The van der Waals surface area contributed by atoms with E-state index in [1.807, 2.05) is 0 Å². The largest absolute Gasteiger partial charge is 0.508 e. The zero-order valence-electron chi connectivity index (χ0n) is 7.13. The summed E-state index contributed by atoms with van der Waals surface area (Å²) in [7, 11) is 3.03. The smallest absolute Gasteiger partial charge is 0.129 e. The maximum Gasteiger partial charge on any atom is 0.129 e. The highest BCUT2D eigenvalue weighted by molar-refractivity contribution is 5.51.